The van der Waals surface area contributed by atoms with E-state index in [1.807, 2.05) is 0 Å². The number of carbonyl (C=O) groups excluding carboxylic acids is 2. The third kappa shape index (κ3) is 40.2. The number of carbonyl (C=O) groups is 2. The van der Waals surface area contributed by atoms with Gasteiger partial charge in [-0.25, -0.2) is 0 Å². The second-order valence-electron chi connectivity index (χ2n) is 14.0. The molecule has 0 saturated carbocycles. The summed E-state index contributed by atoms with van der Waals surface area (Å²) in [5, 5.41) is 9.57. The van der Waals surface area contributed by atoms with Crippen LogP contribution in [0.3, 0.4) is 0 Å². The molecule has 0 saturated heterocycles. The zero-order valence-electron chi connectivity index (χ0n) is 33.4. The van der Waals surface area contributed by atoms with Gasteiger partial charge in [-0.3, -0.25) is 9.59 Å². The van der Waals surface area contributed by atoms with Gasteiger partial charge in [-0.05, 0) is 77.0 Å². The van der Waals surface area contributed by atoms with Crippen LogP contribution in [0.5, 0.6) is 0 Å². The SMILES string of the molecule is CC/C=C\C/C=C\C/C=C\C/C=C\CCCCCCCCCCCCC(=O)OC(CO)COC(=O)CCCCCCC/C=C\CCCCCCC. The number of unbranched alkanes of at least 4 members (excludes halogenated alkanes) is 20. The number of aliphatic hydroxyl groups is 1. The Labute approximate surface area is 315 Å². The largest absolute Gasteiger partial charge is 0.462 e. The Hall–Kier alpha value is -2.40. The lowest BCUT2D eigenvalue weighted by atomic mass is 10.0. The van der Waals surface area contributed by atoms with E-state index in [9.17, 15) is 14.7 Å². The number of allylic oxidation sites excluding steroid dienone is 10. The van der Waals surface area contributed by atoms with Crippen LogP contribution in [0.25, 0.3) is 0 Å². The molecule has 51 heavy (non-hydrogen) atoms. The summed E-state index contributed by atoms with van der Waals surface area (Å²) < 4.78 is 10.6. The van der Waals surface area contributed by atoms with Gasteiger partial charge < -0.3 is 14.6 Å². The van der Waals surface area contributed by atoms with Gasteiger partial charge in [-0.1, -0.05) is 171 Å². The van der Waals surface area contributed by atoms with E-state index in [1.165, 1.54) is 103 Å². The summed E-state index contributed by atoms with van der Waals surface area (Å²) in [6.45, 7) is 4.00. The van der Waals surface area contributed by atoms with Crippen molar-refractivity contribution in [1.82, 2.24) is 0 Å². The zero-order valence-corrected chi connectivity index (χ0v) is 33.4. The summed E-state index contributed by atoms with van der Waals surface area (Å²) in [6, 6.07) is 0. The molecule has 0 rings (SSSR count). The van der Waals surface area contributed by atoms with E-state index < -0.39 is 6.10 Å². The quantitative estimate of drug-likeness (QED) is 0.0392. The minimum absolute atomic E-state index is 0.0730. The average Bonchev–Trinajstić information content (AvgIpc) is 3.13. The predicted octanol–water partition coefficient (Wildman–Crippen LogP) is 13.6. The maximum Gasteiger partial charge on any atom is 0.306 e. The Kier molecular flexibility index (Phi) is 40.0. The van der Waals surface area contributed by atoms with Gasteiger partial charge in [0, 0.05) is 12.8 Å². The Morgan fingerprint density at radius 3 is 1.29 bits per heavy atom. The van der Waals surface area contributed by atoms with Crippen LogP contribution in [-0.2, 0) is 19.1 Å². The van der Waals surface area contributed by atoms with Gasteiger partial charge in [-0.15, -0.1) is 0 Å². The summed E-state index contributed by atoms with van der Waals surface area (Å²) in [6.07, 6.45) is 54.3. The molecule has 0 bridgehead atoms. The molecule has 294 valence electrons. The van der Waals surface area contributed by atoms with Crippen LogP contribution in [0, 0.1) is 0 Å². The Balaban J connectivity index is 3.56. The van der Waals surface area contributed by atoms with Crippen molar-refractivity contribution in [2.45, 2.75) is 206 Å². The third-order valence-corrected chi connectivity index (χ3v) is 9.05. The molecule has 5 heteroatoms. The van der Waals surface area contributed by atoms with E-state index in [4.69, 9.17) is 9.47 Å². The minimum Gasteiger partial charge on any atom is -0.462 e. The lowest BCUT2D eigenvalue weighted by molar-refractivity contribution is -0.161. The molecule has 0 radical (unpaired) electrons. The number of ether oxygens (including phenoxy) is 2. The van der Waals surface area contributed by atoms with Crippen LogP contribution >= 0.6 is 0 Å². The number of aliphatic hydroxyl groups excluding tert-OH is 1. The van der Waals surface area contributed by atoms with Crippen LogP contribution in [0.4, 0.5) is 0 Å². The Morgan fingerprint density at radius 1 is 0.471 bits per heavy atom. The molecular formula is C46H80O5. The molecule has 0 fully saturated rings. The molecule has 0 aromatic rings. The summed E-state index contributed by atoms with van der Waals surface area (Å²) in [4.78, 5) is 24.3. The highest BCUT2D eigenvalue weighted by molar-refractivity contribution is 5.70. The van der Waals surface area contributed by atoms with Crippen molar-refractivity contribution in [2.24, 2.45) is 0 Å². The highest BCUT2D eigenvalue weighted by atomic mass is 16.6. The van der Waals surface area contributed by atoms with Crippen molar-refractivity contribution in [3.8, 4) is 0 Å². The first-order chi connectivity index (χ1) is 25.1. The van der Waals surface area contributed by atoms with Crippen molar-refractivity contribution in [2.75, 3.05) is 13.2 Å². The maximum absolute atomic E-state index is 12.2. The first kappa shape index (κ1) is 48.6. The van der Waals surface area contributed by atoms with Gasteiger partial charge in [0.1, 0.15) is 6.61 Å². The third-order valence-electron chi connectivity index (χ3n) is 9.05. The molecule has 1 N–H and O–H groups in total. The standard InChI is InChI=1S/C46H80O5/c1-3-5-7-9-11-13-15-17-19-20-21-22-23-24-25-26-27-29-31-33-35-37-39-41-46(49)51-44(42-47)43-50-45(48)40-38-36-34-32-30-28-18-16-14-12-10-8-6-4-2/h5,7,11,13,16-19,21-22,44,47H,3-4,6,8-10,12,14-15,20,23-43H2,1-2H3/b7-5-,13-11-,18-16-,19-17-,22-21-. The number of hydrogen-bond donors (Lipinski definition) is 1. The normalized spacial score (nSPS) is 12.8. The molecular weight excluding hydrogens is 633 g/mol. The van der Waals surface area contributed by atoms with E-state index in [2.05, 4.69) is 74.6 Å². The number of esters is 2. The van der Waals surface area contributed by atoms with Crippen LogP contribution in [0.15, 0.2) is 60.8 Å². The molecule has 1 atom stereocenters. The summed E-state index contributed by atoms with van der Waals surface area (Å²) >= 11 is 0. The molecule has 1 unspecified atom stereocenters. The fraction of sp³-hybridized carbons (Fsp3) is 0.739. The number of rotatable bonds is 38. The second-order valence-corrected chi connectivity index (χ2v) is 14.0. The van der Waals surface area contributed by atoms with E-state index in [1.54, 1.807) is 0 Å². The zero-order chi connectivity index (χ0) is 37.1. The summed E-state index contributed by atoms with van der Waals surface area (Å²) in [7, 11) is 0. The first-order valence-corrected chi connectivity index (χ1v) is 21.3. The minimum atomic E-state index is -0.778. The van der Waals surface area contributed by atoms with Crippen molar-refractivity contribution in [3.63, 3.8) is 0 Å². The van der Waals surface area contributed by atoms with Crippen molar-refractivity contribution in [1.29, 1.82) is 0 Å². The molecule has 5 nitrogen and oxygen atoms in total. The monoisotopic (exact) mass is 713 g/mol. The fourth-order valence-electron chi connectivity index (χ4n) is 5.83. The van der Waals surface area contributed by atoms with Crippen molar-refractivity contribution in [3.05, 3.63) is 60.8 Å². The van der Waals surface area contributed by atoms with Crippen LogP contribution in [0.2, 0.25) is 0 Å². The highest BCUT2D eigenvalue weighted by Gasteiger charge is 2.16. The van der Waals surface area contributed by atoms with E-state index >= 15 is 0 Å². The van der Waals surface area contributed by atoms with Gasteiger partial charge in [0.25, 0.3) is 0 Å². The molecule has 0 aromatic carbocycles. The van der Waals surface area contributed by atoms with Crippen LogP contribution in [0.1, 0.15) is 200 Å². The van der Waals surface area contributed by atoms with E-state index in [0.29, 0.717) is 12.8 Å². The predicted molar refractivity (Wildman–Crippen MR) is 219 cm³/mol. The molecule has 0 amide bonds. The van der Waals surface area contributed by atoms with Crippen LogP contribution in [-0.4, -0.2) is 36.4 Å². The van der Waals surface area contributed by atoms with E-state index in [-0.39, 0.29) is 25.2 Å². The van der Waals surface area contributed by atoms with Crippen LogP contribution < -0.4 is 0 Å². The van der Waals surface area contributed by atoms with Gasteiger partial charge in [0.2, 0.25) is 0 Å². The average molecular weight is 713 g/mol. The lowest BCUT2D eigenvalue weighted by Crippen LogP contribution is -2.28. The fourth-order valence-corrected chi connectivity index (χ4v) is 5.83. The van der Waals surface area contributed by atoms with Gasteiger partial charge in [0.05, 0.1) is 6.61 Å². The van der Waals surface area contributed by atoms with Gasteiger partial charge in [-0.2, -0.15) is 0 Å². The topological polar surface area (TPSA) is 72.8 Å². The summed E-state index contributed by atoms with van der Waals surface area (Å²) in [5.41, 5.74) is 0. The van der Waals surface area contributed by atoms with E-state index in [0.717, 1.165) is 70.6 Å². The molecule has 0 aliphatic heterocycles. The molecule has 0 heterocycles. The molecule has 0 spiro atoms. The van der Waals surface area contributed by atoms with Gasteiger partial charge >= 0.3 is 11.9 Å². The summed E-state index contributed by atoms with van der Waals surface area (Å²) in [5.74, 6) is -0.606. The van der Waals surface area contributed by atoms with Crippen molar-refractivity contribution < 1.29 is 24.2 Å². The Bertz CT molecular complexity index is 899. The highest BCUT2D eigenvalue weighted by Crippen LogP contribution is 2.14. The number of hydrogen-bond acceptors (Lipinski definition) is 5. The molecule has 0 aliphatic carbocycles. The van der Waals surface area contributed by atoms with Crippen molar-refractivity contribution >= 4 is 11.9 Å². The molecule has 0 aromatic heterocycles. The lowest BCUT2D eigenvalue weighted by Gasteiger charge is -2.15. The second kappa shape index (κ2) is 42.0. The van der Waals surface area contributed by atoms with Gasteiger partial charge in [0.15, 0.2) is 6.10 Å². The smallest absolute Gasteiger partial charge is 0.306 e. The molecule has 0 aliphatic rings. The Morgan fingerprint density at radius 2 is 0.843 bits per heavy atom. The maximum atomic E-state index is 12.2. The first-order valence-electron chi connectivity index (χ1n) is 21.3.